The highest BCUT2D eigenvalue weighted by Crippen LogP contribution is 2.32. The molecule has 1 aromatic heterocycles. The van der Waals surface area contributed by atoms with E-state index in [4.69, 9.17) is 0 Å². The smallest absolute Gasteiger partial charge is 0.195 e. The van der Waals surface area contributed by atoms with Gasteiger partial charge in [0.1, 0.15) is 5.82 Å². The van der Waals surface area contributed by atoms with Crippen LogP contribution in [0.25, 0.3) is 20.2 Å². The number of benzene rings is 3. The number of hydrogen-bond donors (Lipinski definition) is 0. The quantitative estimate of drug-likeness (QED) is 0.436. The van der Waals surface area contributed by atoms with Crippen LogP contribution in [0.2, 0.25) is 0 Å². The van der Waals surface area contributed by atoms with Gasteiger partial charge in [-0.3, -0.25) is 4.79 Å². The lowest BCUT2D eigenvalue weighted by atomic mass is 10.2. The summed E-state index contributed by atoms with van der Waals surface area (Å²) in [6.45, 7) is 0. The molecule has 0 aliphatic rings. The minimum Gasteiger partial charge on any atom is -0.289 e. The van der Waals surface area contributed by atoms with E-state index in [0.717, 1.165) is 30.0 Å². The molecular formula is C19H11FOS2. The standard InChI is InChI=1S/C19H11FOS2/c20-12-5-7-13(8-6-12)22-14-9-10-18-16(11-14)19(21)15-3-1-2-4-17(15)23-18/h1-11H. The fourth-order valence-electron chi connectivity index (χ4n) is 2.48. The second-order valence-corrected chi connectivity index (χ2v) is 7.37. The molecule has 0 saturated heterocycles. The maximum Gasteiger partial charge on any atom is 0.195 e. The molecule has 23 heavy (non-hydrogen) atoms. The van der Waals surface area contributed by atoms with Crippen LogP contribution in [-0.2, 0) is 0 Å². The second-order valence-electron chi connectivity index (χ2n) is 5.14. The minimum absolute atomic E-state index is 0.0657. The molecule has 1 heterocycles. The fraction of sp³-hybridized carbons (Fsp3) is 0. The van der Waals surface area contributed by atoms with Gasteiger partial charge in [0.15, 0.2) is 5.43 Å². The van der Waals surface area contributed by atoms with E-state index < -0.39 is 0 Å². The van der Waals surface area contributed by atoms with Crippen LogP contribution in [-0.4, -0.2) is 0 Å². The molecule has 0 spiro atoms. The van der Waals surface area contributed by atoms with E-state index in [9.17, 15) is 9.18 Å². The number of fused-ring (bicyclic) bond motifs is 2. The summed E-state index contributed by atoms with van der Waals surface area (Å²) in [5.74, 6) is -0.247. The Morgan fingerprint density at radius 1 is 0.783 bits per heavy atom. The maximum absolute atomic E-state index is 13.0. The molecule has 4 aromatic rings. The largest absolute Gasteiger partial charge is 0.289 e. The zero-order valence-corrected chi connectivity index (χ0v) is 13.6. The van der Waals surface area contributed by atoms with E-state index in [-0.39, 0.29) is 11.2 Å². The monoisotopic (exact) mass is 338 g/mol. The first-order valence-electron chi connectivity index (χ1n) is 7.10. The summed E-state index contributed by atoms with van der Waals surface area (Å²) in [7, 11) is 0. The van der Waals surface area contributed by atoms with Gasteiger partial charge < -0.3 is 0 Å². The Morgan fingerprint density at radius 3 is 2.30 bits per heavy atom. The molecule has 3 aromatic carbocycles. The Kier molecular flexibility index (Phi) is 3.63. The molecule has 0 amide bonds. The predicted octanol–water partition coefficient (Wildman–Crippen LogP) is 5.71. The van der Waals surface area contributed by atoms with Crippen molar-refractivity contribution in [3.63, 3.8) is 0 Å². The van der Waals surface area contributed by atoms with Gasteiger partial charge in [-0.1, -0.05) is 23.9 Å². The molecule has 0 fully saturated rings. The number of rotatable bonds is 2. The van der Waals surface area contributed by atoms with Gasteiger partial charge in [-0.05, 0) is 54.6 Å². The van der Waals surface area contributed by atoms with Crippen LogP contribution in [0.4, 0.5) is 4.39 Å². The molecule has 0 aliphatic heterocycles. The predicted molar refractivity (Wildman–Crippen MR) is 96.1 cm³/mol. The van der Waals surface area contributed by atoms with Crippen LogP contribution in [0.1, 0.15) is 0 Å². The number of halogens is 1. The van der Waals surface area contributed by atoms with Crippen molar-refractivity contribution in [2.45, 2.75) is 9.79 Å². The van der Waals surface area contributed by atoms with Crippen molar-refractivity contribution in [3.05, 3.63) is 82.8 Å². The van der Waals surface area contributed by atoms with Gasteiger partial charge in [0.2, 0.25) is 0 Å². The van der Waals surface area contributed by atoms with Gasteiger partial charge >= 0.3 is 0 Å². The summed E-state index contributed by atoms with van der Waals surface area (Å²) < 4.78 is 15.0. The van der Waals surface area contributed by atoms with E-state index in [1.165, 1.54) is 23.9 Å². The van der Waals surface area contributed by atoms with E-state index >= 15 is 0 Å². The zero-order chi connectivity index (χ0) is 15.8. The first-order chi connectivity index (χ1) is 11.2. The average molecular weight is 338 g/mol. The molecule has 0 bridgehead atoms. The van der Waals surface area contributed by atoms with Crippen molar-refractivity contribution >= 4 is 43.3 Å². The van der Waals surface area contributed by atoms with E-state index in [1.807, 2.05) is 42.5 Å². The average Bonchev–Trinajstić information content (AvgIpc) is 2.58. The molecule has 0 radical (unpaired) electrons. The molecule has 1 nitrogen and oxygen atoms in total. The van der Waals surface area contributed by atoms with Gasteiger partial charge in [0.05, 0.1) is 0 Å². The Balaban J connectivity index is 1.83. The van der Waals surface area contributed by atoms with Crippen molar-refractivity contribution < 1.29 is 4.39 Å². The summed E-state index contributed by atoms with van der Waals surface area (Å²) in [5.41, 5.74) is 0.0657. The van der Waals surface area contributed by atoms with Gasteiger partial charge in [-0.15, -0.1) is 11.3 Å². The Morgan fingerprint density at radius 2 is 1.48 bits per heavy atom. The molecule has 0 saturated carbocycles. The number of hydrogen-bond acceptors (Lipinski definition) is 3. The zero-order valence-electron chi connectivity index (χ0n) is 12.0. The molecule has 4 heteroatoms. The third-order valence-corrected chi connectivity index (χ3v) is 5.75. The summed E-state index contributed by atoms with van der Waals surface area (Å²) in [6.07, 6.45) is 0. The highest BCUT2D eigenvalue weighted by atomic mass is 32.2. The van der Waals surface area contributed by atoms with Crippen molar-refractivity contribution in [3.8, 4) is 0 Å². The van der Waals surface area contributed by atoms with Crippen LogP contribution >= 0.6 is 23.1 Å². The molecule has 4 rings (SSSR count). The lowest BCUT2D eigenvalue weighted by Gasteiger charge is -2.05. The molecule has 0 atom stereocenters. The van der Waals surface area contributed by atoms with Gasteiger partial charge in [0, 0.05) is 30.0 Å². The Bertz CT molecular complexity index is 1070. The van der Waals surface area contributed by atoms with Crippen LogP contribution in [0.3, 0.4) is 0 Å². The third-order valence-electron chi connectivity index (χ3n) is 3.60. The molecule has 0 N–H and O–H groups in total. The van der Waals surface area contributed by atoms with E-state index in [1.54, 1.807) is 23.5 Å². The second kappa shape index (κ2) is 5.80. The highest BCUT2D eigenvalue weighted by molar-refractivity contribution is 7.99. The molecule has 0 aliphatic carbocycles. The topological polar surface area (TPSA) is 17.1 Å². The summed E-state index contributed by atoms with van der Waals surface area (Å²) in [5, 5.41) is 1.50. The van der Waals surface area contributed by atoms with Gasteiger partial charge in [0.25, 0.3) is 0 Å². The highest BCUT2D eigenvalue weighted by Gasteiger charge is 2.07. The first-order valence-corrected chi connectivity index (χ1v) is 8.73. The van der Waals surface area contributed by atoms with Crippen LogP contribution in [0.15, 0.2) is 81.3 Å². The molecular weight excluding hydrogens is 327 g/mol. The third kappa shape index (κ3) is 2.76. The Labute approximate surface area is 140 Å². The summed E-state index contributed by atoms with van der Waals surface area (Å²) in [6, 6.07) is 20.0. The fourth-order valence-corrected chi connectivity index (χ4v) is 4.39. The van der Waals surface area contributed by atoms with Crippen LogP contribution < -0.4 is 5.43 Å². The molecule has 112 valence electrons. The lowest BCUT2D eigenvalue weighted by Crippen LogP contribution is -2.00. The Hall–Kier alpha value is -2.17. The van der Waals surface area contributed by atoms with Crippen molar-refractivity contribution in [1.29, 1.82) is 0 Å². The summed E-state index contributed by atoms with van der Waals surface area (Å²) in [4.78, 5) is 14.6. The maximum atomic E-state index is 13.0. The van der Waals surface area contributed by atoms with Crippen molar-refractivity contribution in [2.75, 3.05) is 0 Å². The van der Waals surface area contributed by atoms with Gasteiger partial charge in [-0.25, -0.2) is 4.39 Å². The van der Waals surface area contributed by atoms with Crippen LogP contribution in [0.5, 0.6) is 0 Å². The summed E-state index contributed by atoms with van der Waals surface area (Å²) >= 11 is 3.15. The van der Waals surface area contributed by atoms with Gasteiger partial charge in [-0.2, -0.15) is 0 Å². The van der Waals surface area contributed by atoms with Crippen LogP contribution in [0, 0.1) is 5.82 Å². The van der Waals surface area contributed by atoms with E-state index in [2.05, 4.69) is 0 Å². The molecule has 0 unspecified atom stereocenters. The first kappa shape index (κ1) is 14.4. The van der Waals surface area contributed by atoms with Crippen molar-refractivity contribution in [1.82, 2.24) is 0 Å². The normalized spacial score (nSPS) is 11.2. The van der Waals surface area contributed by atoms with E-state index in [0.29, 0.717) is 0 Å². The van der Waals surface area contributed by atoms with Crippen molar-refractivity contribution in [2.24, 2.45) is 0 Å². The lowest BCUT2D eigenvalue weighted by molar-refractivity contribution is 0.626. The minimum atomic E-state index is -0.247. The SMILES string of the molecule is O=c1c2ccccc2sc2ccc(Sc3ccc(F)cc3)cc12.